The highest BCUT2D eigenvalue weighted by Gasteiger charge is 2.37. The van der Waals surface area contributed by atoms with Crippen molar-refractivity contribution in [2.75, 3.05) is 7.11 Å². The fourth-order valence-electron chi connectivity index (χ4n) is 2.56. The van der Waals surface area contributed by atoms with Crippen molar-refractivity contribution in [2.24, 2.45) is 0 Å². The van der Waals surface area contributed by atoms with Crippen LogP contribution in [-0.2, 0) is 0 Å². The van der Waals surface area contributed by atoms with E-state index in [1.165, 1.54) is 6.33 Å². The number of hydrogen-bond acceptors (Lipinski definition) is 4. The lowest BCUT2D eigenvalue weighted by molar-refractivity contribution is -0.149. The average Bonchev–Trinajstić information content (AvgIpc) is 3.05. The fraction of sp³-hybridized carbons (Fsp3) is 0.278. The Morgan fingerprint density at radius 3 is 2.70 bits per heavy atom. The molecule has 0 saturated carbocycles. The van der Waals surface area contributed by atoms with Crippen molar-refractivity contribution in [2.45, 2.75) is 26.1 Å². The highest BCUT2D eigenvalue weighted by atomic mass is 19.4. The summed E-state index contributed by atoms with van der Waals surface area (Å²) in [6, 6.07) is 6.98. The van der Waals surface area contributed by atoms with Crippen molar-refractivity contribution < 1.29 is 22.7 Å². The molecule has 0 radical (unpaired) electrons. The van der Waals surface area contributed by atoms with Crippen LogP contribution in [0.4, 0.5) is 13.2 Å². The minimum atomic E-state index is -4.54. The zero-order valence-corrected chi connectivity index (χ0v) is 14.8. The van der Waals surface area contributed by atoms with E-state index >= 15 is 0 Å². The maximum atomic E-state index is 12.7. The van der Waals surface area contributed by atoms with Crippen molar-refractivity contribution in [1.29, 1.82) is 0 Å². The highest BCUT2D eigenvalue weighted by Crippen LogP contribution is 2.25. The van der Waals surface area contributed by atoms with E-state index in [1.54, 1.807) is 42.7 Å². The van der Waals surface area contributed by atoms with Gasteiger partial charge in [-0.1, -0.05) is 12.1 Å². The largest absolute Gasteiger partial charge is 0.497 e. The highest BCUT2D eigenvalue weighted by molar-refractivity contribution is 5.98. The molecule has 0 saturated heterocycles. The zero-order chi connectivity index (χ0) is 19.8. The zero-order valence-electron chi connectivity index (χ0n) is 14.8. The summed E-state index contributed by atoms with van der Waals surface area (Å²) in [4.78, 5) is 20.7. The lowest BCUT2D eigenvalue weighted by atomic mass is 10.1. The van der Waals surface area contributed by atoms with Gasteiger partial charge in [0.05, 0.1) is 12.8 Å². The summed E-state index contributed by atoms with van der Waals surface area (Å²) in [6.45, 7) is 2.66. The number of imidazole rings is 1. The molecule has 0 aliphatic heterocycles. The molecule has 1 atom stereocenters. The molecular formula is C18H17F3N4O2. The summed E-state index contributed by atoms with van der Waals surface area (Å²) in [5.74, 6) is -0.297. The second-order valence-corrected chi connectivity index (χ2v) is 6.04. The van der Waals surface area contributed by atoms with Gasteiger partial charge in [0.25, 0.3) is 5.91 Å². The number of fused-ring (bicyclic) bond motifs is 1. The number of hydrogen-bond donors (Lipinski definition) is 1. The molecule has 1 N–H and O–H groups in total. The number of amides is 1. The van der Waals surface area contributed by atoms with Crippen LogP contribution < -0.4 is 10.1 Å². The SMILES string of the molecule is COc1cccc(-c2cc(C)n3cnc(C(=O)N[C@@H](C)C(F)(F)F)c3n2)c1. The van der Waals surface area contributed by atoms with Crippen LogP contribution in [0.25, 0.3) is 16.9 Å². The van der Waals surface area contributed by atoms with Gasteiger partial charge in [-0.25, -0.2) is 9.97 Å². The van der Waals surface area contributed by atoms with E-state index < -0.39 is 18.1 Å². The molecule has 1 aromatic carbocycles. The number of methoxy groups -OCH3 is 1. The Labute approximate surface area is 153 Å². The minimum absolute atomic E-state index is 0.168. The Balaban J connectivity index is 2.03. The number of rotatable bonds is 4. The van der Waals surface area contributed by atoms with E-state index in [9.17, 15) is 18.0 Å². The van der Waals surface area contributed by atoms with Gasteiger partial charge in [-0.2, -0.15) is 13.2 Å². The van der Waals surface area contributed by atoms with Gasteiger partial charge < -0.3 is 10.1 Å². The topological polar surface area (TPSA) is 68.5 Å². The number of aryl methyl sites for hydroxylation is 1. The van der Waals surface area contributed by atoms with Crippen molar-refractivity contribution in [3.8, 4) is 17.0 Å². The summed E-state index contributed by atoms with van der Waals surface area (Å²) in [7, 11) is 1.54. The van der Waals surface area contributed by atoms with Gasteiger partial charge in [-0.05, 0) is 32.0 Å². The van der Waals surface area contributed by atoms with Crippen LogP contribution in [0.5, 0.6) is 5.75 Å². The number of carbonyl (C=O) groups is 1. The van der Waals surface area contributed by atoms with E-state index in [0.29, 0.717) is 11.4 Å². The van der Waals surface area contributed by atoms with Crippen LogP contribution in [0.2, 0.25) is 0 Å². The molecule has 0 bridgehead atoms. The maximum absolute atomic E-state index is 12.7. The molecule has 0 aliphatic rings. The van der Waals surface area contributed by atoms with Gasteiger partial charge in [-0.15, -0.1) is 0 Å². The Morgan fingerprint density at radius 2 is 2.04 bits per heavy atom. The second kappa shape index (κ2) is 6.90. The molecule has 2 heterocycles. The molecule has 3 aromatic rings. The molecule has 0 fully saturated rings. The van der Waals surface area contributed by atoms with Gasteiger partial charge in [0.1, 0.15) is 18.1 Å². The van der Waals surface area contributed by atoms with E-state index in [-0.39, 0.29) is 11.3 Å². The van der Waals surface area contributed by atoms with Crippen molar-refractivity contribution in [3.05, 3.63) is 48.0 Å². The number of alkyl halides is 3. The molecule has 27 heavy (non-hydrogen) atoms. The molecule has 0 spiro atoms. The first-order valence-electron chi connectivity index (χ1n) is 8.07. The van der Waals surface area contributed by atoms with Gasteiger partial charge in [0, 0.05) is 11.3 Å². The van der Waals surface area contributed by atoms with Crippen LogP contribution >= 0.6 is 0 Å². The minimum Gasteiger partial charge on any atom is -0.497 e. The Hall–Kier alpha value is -3.10. The number of carbonyl (C=O) groups excluding carboxylic acids is 1. The first kappa shape index (κ1) is 18.7. The molecule has 1 amide bonds. The Bertz CT molecular complexity index is 998. The lowest BCUT2D eigenvalue weighted by Crippen LogP contribution is -2.43. The Kier molecular flexibility index (Phi) is 4.77. The first-order valence-corrected chi connectivity index (χ1v) is 8.07. The van der Waals surface area contributed by atoms with E-state index in [2.05, 4.69) is 9.97 Å². The Morgan fingerprint density at radius 1 is 1.30 bits per heavy atom. The van der Waals surface area contributed by atoms with Gasteiger partial charge in [0.2, 0.25) is 0 Å². The lowest BCUT2D eigenvalue weighted by Gasteiger charge is -2.16. The molecule has 6 nitrogen and oxygen atoms in total. The number of halogens is 3. The third-order valence-electron chi connectivity index (χ3n) is 4.11. The number of aromatic nitrogens is 3. The maximum Gasteiger partial charge on any atom is 0.408 e. The number of nitrogens with zero attached hydrogens (tertiary/aromatic N) is 3. The van der Waals surface area contributed by atoms with Gasteiger partial charge in [0.15, 0.2) is 11.3 Å². The molecule has 142 valence electrons. The average molecular weight is 378 g/mol. The van der Waals surface area contributed by atoms with Crippen LogP contribution in [0.1, 0.15) is 23.1 Å². The van der Waals surface area contributed by atoms with Crippen molar-refractivity contribution >= 4 is 11.6 Å². The van der Waals surface area contributed by atoms with Gasteiger partial charge in [-0.3, -0.25) is 9.20 Å². The molecular weight excluding hydrogens is 361 g/mol. The molecule has 0 unspecified atom stereocenters. The van der Waals surface area contributed by atoms with Crippen LogP contribution in [0.15, 0.2) is 36.7 Å². The molecule has 9 heteroatoms. The van der Waals surface area contributed by atoms with E-state index in [1.807, 2.05) is 11.4 Å². The molecule has 3 rings (SSSR count). The predicted molar refractivity (Wildman–Crippen MR) is 92.7 cm³/mol. The van der Waals surface area contributed by atoms with Crippen molar-refractivity contribution in [3.63, 3.8) is 0 Å². The number of benzene rings is 1. The quantitative estimate of drug-likeness (QED) is 0.756. The fourth-order valence-corrected chi connectivity index (χ4v) is 2.56. The standard InChI is InChI=1S/C18H17F3N4O2/c1-10-7-14(12-5-4-6-13(8-12)27-3)24-16-15(22-9-25(10)16)17(26)23-11(2)18(19,20)21/h4-9,11H,1-3H3,(H,23,26)/t11-/m0/s1. The van der Waals surface area contributed by atoms with Gasteiger partial charge >= 0.3 is 6.18 Å². The number of ether oxygens (including phenoxy) is 1. The number of nitrogens with one attached hydrogen (secondary N) is 1. The summed E-state index contributed by atoms with van der Waals surface area (Å²) in [5, 5.41) is 1.91. The van der Waals surface area contributed by atoms with E-state index in [0.717, 1.165) is 18.2 Å². The summed E-state index contributed by atoms with van der Waals surface area (Å²) in [5.41, 5.74) is 2.04. The first-order chi connectivity index (χ1) is 12.7. The third-order valence-corrected chi connectivity index (χ3v) is 4.11. The summed E-state index contributed by atoms with van der Waals surface area (Å²) >= 11 is 0. The molecule has 0 aliphatic carbocycles. The smallest absolute Gasteiger partial charge is 0.408 e. The summed E-state index contributed by atoms with van der Waals surface area (Å²) < 4.78 is 44.9. The van der Waals surface area contributed by atoms with E-state index in [4.69, 9.17) is 4.74 Å². The van der Waals surface area contributed by atoms with Crippen molar-refractivity contribution in [1.82, 2.24) is 19.7 Å². The monoisotopic (exact) mass is 378 g/mol. The third kappa shape index (κ3) is 3.71. The normalized spacial score (nSPS) is 12.8. The summed E-state index contributed by atoms with van der Waals surface area (Å²) in [6.07, 6.45) is -3.18. The van der Waals surface area contributed by atoms with Crippen LogP contribution in [0, 0.1) is 6.92 Å². The predicted octanol–water partition coefficient (Wildman–Crippen LogP) is 3.39. The van der Waals surface area contributed by atoms with Crippen LogP contribution in [-0.4, -0.2) is 39.6 Å². The second-order valence-electron chi connectivity index (χ2n) is 6.04. The van der Waals surface area contributed by atoms with Crippen LogP contribution in [0.3, 0.4) is 0 Å². The molecule has 2 aromatic heterocycles.